The van der Waals surface area contributed by atoms with Crippen molar-refractivity contribution in [1.82, 2.24) is 4.98 Å². The van der Waals surface area contributed by atoms with Gasteiger partial charge in [-0.2, -0.15) is 0 Å². The molecule has 0 spiro atoms. The maximum atomic E-state index is 12.7. The molecule has 0 radical (unpaired) electrons. The zero-order chi connectivity index (χ0) is 16.0. The Morgan fingerprint density at radius 2 is 1.91 bits per heavy atom. The van der Waals surface area contributed by atoms with Gasteiger partial charge >= 0.3 is 0 Å². The number of pyridine rings is 1. The maximum absolute atomic E-state index is 12.7. The lowest BCUT2D eigenvalue weighted by atomic mass is 10.1. The molecule has 0 saturated heterocycles. The van der Waals surface area contributed by atoms with Crippen LogP contribution in [0.2, 0.25) is 5.02 Å². The van der Waals surface area contributed by atoms with Crippen LogP contribution in [-0.2, 0) is 0 Å². The summed E-state index contributed by atoms with van der Waals surface area (Å²) < 4.78 is 0.924. The number of thiophene rings is 1. The van der Waals surface area contributed by atoms with E-state index in [1.54, 1.807) is 12.1 Å². The zero-order valence-electron chi connectivity index (χ0n) is 11.9. The Balaban J connectivity index is 2.20. The van der Waals surface area contributed by atoms with Gasteiger partial charge in [0.1, 0.15) is 9.71 Å². The summed E-state index contributed by atoms with van der Waals surface area (Å²) in [6.45, 7) is 3.75. The molecule has 3 rings (SSSR count). The number of anilines is 1. The summed E-state index contributed by atoms with van der Waals surface area (Å²) in [7, 11) is 0. The zero-order valence-corrected chi connectivity index (χ0v) is 15.1. The van der Waals surface area contributed by atoms with Gasteiger partial charge in [0.05, 0.1) is 16.4 Å². The van der Waals surface area contributed by atoms with Crippen LogP contribution >= 0.6 is 38.9 Å². The molecule has 1 aromatic carbocycles. The minimum atomic E-state index is -0.0961. The Hall–Kier alpha value is -1.43. The number of carbonyl (C=O) groups is 1. The summed E-state index contributed by atoms with van der Waals surface area (Å²) in [5.41, 5.74) is 8.88. The van der Waals surface area contributed by atoms with Crippen molar-refractivity contribution in [2.75, 3.05) is 5.73 Å². The van der Waals surface area contributed by atoms with Crippen molar-refractivity contribution in [3.63, 3.8) is 0 Å². The van der Waals surface area contributed by atoms with Crippen LogP contribution < -0.4 is 5.73 Å². The van der Waals surface area contributed by atoms with Crippen LogP contribution in [0.1, 0.15) is 26.5 Å². The molecule has 6 heteroatoms. The Bertz CT molecular complexity index is 903. The molecule has 112 valence electrons. The van der Waals surface area contributed by atoms with Crippen LogP contribution in [0.4, 0.5) is 5.69 Å². The van der Waals surface area contributed by atoms with Crippen LogP contribution in [-0.4, -0.2) is 10.8 Å². The van der Waals surface area contributed by atoms with Gasteiger partial charge in [-0.15, -0.1) is 11.3 Å². The summed E-state index contributed by atoms with van der Waals surface area (Å²) in [6.07, 6.45) is 0. The normalized spacial score (nSPS) is 11.1. The fourth-order valence-corrected chi connectivity index (χ4v) is 3.92. The van der Waals surface area contributed by atoms with Gasteiger partial charge in [0.25, 0.3) is 0 Å². The third kappa shape index (κ3) is 2.43. The topological polar surface area (TPSA) is 56.0 Å². The third-order valence-electron chi connectivity index (χ3n) is 3.53. The van der Waals surface area contributed by atoms with Crippen molar-refractivity contribution < 1.29 is 4.79 Å². The molecule has 0 aliphatic heterocycles. The van der Waals surface area contributed by atoms with Gasteiger partial charge in [0, 0.05) is 15.4 Å². The second-order valence-corrected chi connectivity index (χ2v) is 7.29. The van der Waals surface area contributed by atoms with E-state index in [-0.39, 0.29) is 5.78 Å². The Labute approximate surface area is 145 Å². The standard InChI is InChI=1S/C16H12BrClN2OS/c1-7-11-13(19)15(22-16(11)20-8(2)12(7)18)14(21)9-3-5-10(17)6-4-9/h3-6H,19H2,1-2H3. The third-order valence-corrected chi connectivity index (χ3v) is 5.71. The number of nitrogens with two attached hydrogens (primary N) is 1. The lowest BCUT2D eigenvalue weighted by Crippen LogP contribution is -2.02. The molecular formula is C16H12BrClN2OS. The lowest BCUT2D eigenvalue weighted by molar-refractivity contribution is 0.104. The molecule has 0 amide bonds. The summed E-state index contributed by atoms with van der Waals surface area (Å²) >= 11 is 10.9. The van der Waals surface area contributed by atoms with E-state index in [0.29, 0.717) is 21.2 Å². The van der Waals surface area contributed by atoms with Gasteiger partial charge in [-0.25, -0.2) is 4.98 Å². The number of nitrogen functional groups attached to an aromatic ring is 1. The molecule has 3 aromatic rings. The van der Waals surface area contributed by atoms with E-state index < -0.39 is 0 Å². The largest absolute Gasteiger partial charge is 0.397 e. The first-order valence-corrected chi connectivity index (χ1v) is 8.54. The number of aryl methyl sites for hydroxylation is 2. The number of benzene rings is 1. The average Bonchev–Trinajstić information content (AvgIpc) is 2.82. The molecule has 0 unspecified atom stereocenters. The van der Waals surface area contributed by atoms with E-state index in [9.17, 15) is 4.79 Å². The van der Waals surface area contributed by atoms with Crippen LogP contribution in [0.3, 0.4) is 0 Å². The molecule has 3 nitrogen and oxygen atoms in total. The van der Waals surface area contributed by atoms with E-state index >= 15 is 0 Å². The lowest BCUT2D eigenvalue weighted by Gasteiger charge is -2.04. The summed E-state index contributed by atoms with van der Waals surface area (Å²) in [5.74, 6) is -0.0961. The molecule has 22 heavy (non-hydrogen) atoms. The first-order valence-electron chi connectivity index (χ1n) is 6.55. The Kier molecular flexibility index (Phi) is 3.97. The number of ketones is 1. The van der Waals surface area contributed by atoms with E-state index in [1.807, 2.05) is 26.0 Å². The van der Waals surface area contributed by atoms with Crippen molar-refractivity contribution >= 4 is 60.6 Å². The SMILES string of the molecule is Cc1nc2sc(C(=O)c3ccc(Br)cc3)c(N)c2c(C)c1Cl. The van der Waals surface area contributed by atoms with Crippen molar-refractivity contribution in [3.8, 4) is 0 Å². The predicted molar refractivity (Wildman–Crippen MR) is 96.1 cm³/mol. The predicted octanol–water partition coefficient (Wildman–Crippen LogP) is 5.14. The van der Waals surface area contributed by atoms with Crippen LogP contribution in [0.25, 0.3) is 10.2 Å². The molecule has 0 fully saturated rings. The molecule has 2 heterocycles. The number of halogens is 2. The van der Waals surface area contributed by atoms with E-state index in [2.05, 4.69) is 20.9 Å². The van der Waals surface area contributed by atoms with Gasteiger partial charge in [-0.05, 0) is 43.7 Å². The minimum Gasteiger partial charge on any atom is -0.397 e. The molecule has 2 aromatic heterocycles. The smallest absolute Gasteiger partial charge is 0.205 e. The number of aromatic nitrogens is 1. The number of hydrogen-bond acceptors (Lipinski definition) is 4. The Morgan fingerprint density at radius 1 is 1.27 bits per heavy atom. The number of carbonyl (C=O) groups excluding carboxylic acids is 1. The highest BCUT2D eigenvalue weighted by Gasteiger charge is 2.21. The summed E-state index contributed by atoms with van der Waals surface area (Å²) in [5, 5.41) is 1.38. The van der Waals surface area contributed by atoms with Crippen molar-refractivity contribution in [3.05, 3.63) is 55.5 Å². The second-order valence-electron chi connectivity index (χ2n) is 5.00. The van der Waals surface area contributed by atoms with Gasteiger partial charge < -0.3 is 5.73 Å². The van der Waals surface area contributed by atoms with Crippen molar-refractivity contribution in [1.29, 1.82) is 0 Å². The van der Waals surface area contributed by atoms with Gasteiger partial charge in [-0.1, -0.05) is 27.5 Å². The fraction of sp³-hybridized carbons (Fsp3) is 0.125. The monoisotopic (exact) mass is 394 g/mol. The Morgan fingerprint density at radius 3 is 2.55 bits per heavy atom. The number of nitrogens with zero attached hydrogens (tertiary/aromatic N) is 1. The highest BCUT2D eigenvalue weighted by atomic mass is 79.9. The highest BCUT2D eigenvalue weighted by Crippen LogP contribution is 2.39. The first-order chi connectivity index (χ1) is 10.4. The quantitative estimate of drug-likeness (QED) is 0.611. The van der Waals surface area contributed by atoms with Crippen molar-refractivity contribution in [2.24, 2.45) is 0 Å². The number of hydrogen-bond donors (Lipinski definition) is 1. The van der Waals surface area contributed by atoms with Gasteiger partial charge in [0.2, 0.25) is 5.78 Å². The molecule has 0 atom stereocenters. The molecular weight excluding hydrogens is 384 g/mol. The molecule has 0 bridgehead atoms. The first kappa shape index (κ1) is 15.5. The number of rotatable bonds is 2. The molecule has 0 saturated carbocycles. The van der Waals surface area contributed by atoms with E-state index in [4.69, 9.17) is 17.3 Å². The number of fused-ring (bicyclic) bond motifs is 1. The van der Waals surface area contributed by atoms with E-state index in [0.717, 1.165) is 25.9 Å². The molecule has 0 aliphatic rings. The highest BCUT2D eigenvalue weighted by molar-refractivity contribution is 9.10. The summed E-state index contributed by atoms with van der Waals surface area (Å²) in [4.78, 5) is 18.4. The average molecular weight is 396 g/mol. The van der Waals surface area contributed by atoms with Crippen molar-refractivity contribution in [2.45, 2.75) is 13.8 Å². The summed E-state index contributed by atoms with van der Waals surface area (Å²) in [6, 6.07) is 7.21. The molecule has 0 aliphatic carbocycles. The van der Waals surface area contributed by atoms with Crippen LogP contribution in [0, 0.1) is 13.8 Å². The maximum Gasteiger partial charge on any atom is 0.205 e. The second kappa shape index (κ2) is 5.65. The van der Waals surface area contributed by atoms with Gasteiger partial charge in [0.15, 0.2) is 0 Å². The van der Waals surface area contributed by atoms with E-state index in [1.165, 1.54) is 11.3 Å². The fourth-order valence-electron chi connectivity index (χ4n) is 2.36. The van der Waals surface area contributed by atoms with Gasteiger partial charge in [-0.3, -0.25) is 4.79 Å². The minimum absolute atomic E-state index is 0.0961. The molecule has 2 N–H and O–H groups in total. The van der Waals surface area contributed by atoms with Crippen LogP contribution in [0.15, 0.2) is 28.7 Å². The van der Waals surface area contributed by atoms with Crippen LogP contribution in [0.5, 0.6) is 0 Å².